The number of thiazole rings is 1. The minimum atomic E-state index is 1.04. The van der Waals surface area contributed by atoms with Crippen molar-refractivity contribution in [2.24, 2.45) is 0 Å². The molecule has 11 rings (SSSR count). The zero-order valence-corrected chi connectivity index (χ0v) is 30.2. The van der Waals surface area contributed by atoms with Crippen molar-refractivity contribution in [1.29, 1.82) is 0 Å². The van der Waals surface area contributed by atoms with Crippen LogP contribution in [0.1, 0.15) is 0 Å². The quantitative estimate of drug-likeness (QED) is 0.174. The highest BCUT2D eigenvalue weighted by atomic mass is 32.1. The Bertz CT molecular complexity index is 3040. The van der Waals surface area contributed by atoms with Gasteiger partial charge >= 0.3 is 0 Å². The third-order valence-corrected chi connectivity index (χ3v) is 12.7. The summed E-state index contributed by atoms with van der Waals surface area (Å²) in [5.41, 5.74) is 13.1. The molecule has 3 aromatic heterocycles. The molecule has 0 bridgehead atoms. The number of hydrogen-bond acceptors (Lipinski definition) is 3. The van der Waals surface area contributed by atoms with E-state index in [0.717, 1.165) is 21.8 Å². The average molecular weight is 711 g/mol. The van der Waals surface area contributed by atoms with E-state index in [0.29, 0.717) is 0 Å². The van der Waals surface area contributed by atoms with Crippen LogP contribution >= 0.6 is 22.7 Å². The van der Waals surface area contributed by atoms with Crippen LogP contribution in [0.5, 0.6) is 0 Å². The van der Waals surface area contributed by atoms with E-state index < -0.39 is 0 Å². The van der Waals surface area contributed by atoms with Crippen LogP contribution < -0.4 is 0 Å². The fourth-order valence-corrected chi connectivity index (χ4v) is 10.2. The lowest BCUT2D eigenvalue weighted by molar-refractivity contribution is 1.18. The summed E-state index contributed by atoms with van der Waals surface area (Å²) in [7, 11) is 0. The minimum absolute atomic E-state index is 1.04. The van der Waals surface area contributed by atoms with Gasteiger partial charge in [0.2, 0.25) is 0 Å². The molecule has 8 aromatic carbocycles. The third-order valence-electron chi connectivity index (χ3n) is 10.4. The molecule has 0 saturated carbocycles. The molecule has 0 saturated heterocycles. The topological polar surface area (TPSA) is 17.8 Å². The number of thiophene rings is 1. The van der Waals surface area contributed by atoms with Gasteiger partial charge in [0.1, 0.15) is 5.01 Å². The van der Waals surface area contributed by atoms with Crippen LogP contribution in [0.4, 0.5) is 0 Å². The van der Waals surface area contributed by atoms with E-state index in [1.165, 1.54) is 80.1 Å². The molecule has 3 heterocycles. The summed E-state index contributed by atoms with van der Waals surface area (Å²) < 4.78 is 6.28. The molecule has 248 valence electrons. The molecule has 0 radical (unpaired) electrons. The largest absolute Gasteiger partial charge is 0.309 e. The first-order valence-corrected chi connectivity index (χ1v) is 19.5. The van der Waals surface area contributed by atoms with E-state index in [-0.39, 0.29) is 0 Å². The Hall–Kier alpha value is -6.33. The van der Waals surface area contributed by atoms with Crippen LogP contribution in [0, 0.1) is 0 Å². The molecule has 0 amide bonds. The Morgan fingerprint density at radius 1 is 0.377 bits per heavy atom. The van der Waals surface area contributed by atoms with Crippen LogP contribution in [-0.2, 0) is 0 Å². The average Bonchev–Trinajstić information content (AvgIpc) is 3.93. The predicted octanol–water partition coefficient (Wildman–Crippen LogP) is 14.4. The molecule has 2 nitrogen and oxygen atoms in total. The summed E-state index contributed by atoms with van der Waals surface area (Å²) >= 11 is 3.66. The van der Waals surface area contributed by atoms with Crippen LogP contribution in [-0.4, -0.2) is 9.55 Å². The van der Waals surface area contributed by atoms with Gasteiger partial charge < -0.3 is 4.57 Å². The van der Waals surface area contributed by atoms with Crippen LogP contribution in [0.2, 0.25) is 0 Å². The monoisotopic (exact) mass is 710 g/mol. The molecular weight excluding hydrogens is 681 g/mol. The van der Waals surface area contributed by atoms with Gasteiger partial charge in [-0.15, -0.1) is 22.7 Å². The van der Waals surface area contributed by atoms with Gasteiger partial charge in [-0.05, 0) is 100 Å². The van der Waals surface area contributed by atoms with E-state index >= 15 is 0 Å². The van der Waals surface area contributed by atoms with Crippen LogP contribution in [0.25, 0.3) is 102 Å². The molecule has 0 N–H and O–H groups in total. The van der Waals surface area contributed by atoms with E-state index in [4.69, 9.17) is 4.98 Å². The molecule has 11 aromatic rings. The third kappa shape index (κ3) is 5.02. The van der Waals surface area contributed by atoms with Gasteiger partial charge in [-0.3, -0.25) is 0 Å². The number of rotatable bonds is 5. The van der Waals surface area contributed by atoms with Crippen molar-refractivity contribution in [3.8, 4) is 49.6 Å². The molecular formula is C49H30N2S2. The van der Waals surface area contributed by atoms with E-state index in [2.05, 4.69) is 187 Å². The summed E-state index contributed by atoms with van der Waals surface area (Å²) in [6.07, 6.45) is 0. The lowest BCUT2D eigenvalue weighted by Crippen LogP contribution is -1.94. The van der Waals surface area contributed by atoms with Gasteiger partial charge in [-0.2, -0.15) is 0 Å². The SMILES string of the molecule is c1ccc(-c2ccc3c(c2)sc2ccc4nc(-c5ccc(-n6c7ccc(-c8ccccc8)cc7c7cc(-c8ccccc8)ccc76)cc5)sc4c23)cc1. The second-order valence-corrected chi connectivity index (χ2v) is 15.6. The van der Waals surface area contributed by atoms with Crippen molar-refractivity contribution in [3.05, 3.63) is 182 Å². The zero-order chi connectivity index (χ0) is 34.9. The Kier molecular flexibility index (Phi) is 6.94. The van der Waals surface area contributed by atoms with Gasteiger partial charge in [0, 0.05) is 42.2 Å². The molecule has 0 fully saturated rings. The highest BCUT2D eigenvalue weighted by Crippen LogP contribution is 2.44. The summed E-state index contributed by atoms with van der Waals surface area (Å²) in [6.45, 7) is 0. The maximum Gasteiger partial charge on any atom is 0.124 e. The smallest absolute Gasteiger partial charge is 0.124 e. The van der Waals surface area contributed by atoms with Gasteiger partial charge in [-0.1, -0.05) is 115 Å². The van der Waals surface area contributed by atoms with Gasteiger partial charge in [0.15, 0.2) is 0 Å². The molecule has 4 heteroatoms. The minimum Gasteiger partial charge on any atom is -0.309 e. The second-order valence-electron chi connectivity index (χ2n) is 13.6. The molecule has 0 atom stereocenters. The van der Waals surface area contributed by atoms with E-state index in [1.807, 2.05) is 11.3 Å². The van der Waals surface area contributed by atoms with Crippen molar-refractivity contribution < 1.29 is 0 Å². The highest BCUT2D eigenvalue weighted by Gasteiger charge is 2.17. The normalized spacial score (nSPS) is 11.8. The lowest BCUT2D eigenvalue weighted by atomic mass is 10.0. The fourth-order valence-electron chi connectivity index (χ4n) is 7.85. The van der Waals surface area contributed by atoms with Crippen molar-refractivity contribution in [1.82, 2.24) is 9.55 Å². The first-order chi connectivity index (χ1) is 26.2. The first kappa shape index (κ1) is 30.3. The molecule has 0 aliphatic carbocycles. The van der Waals surface area contributed by atoms with Crippen LogP contribution in [0.3, 0.4) is 0 Å². The Morgan fingerprint density at radius 3 is 1.49 bits per heavy atom. The molecule has 0 unspecified atom stereocenters. The number of benzene rings is 8. The summed E-state index contributed by atoms with van der Waals surface area (Å²) in [5, 5.41) is 6.16. The number of hydrogen-bond donors (Lipinski definition) is 0. The Labute approximate surface area is 314 Å². The van der Waals surface area contributed by atoms with Crippen molar-refractivity contribution >= 4 is 74.9 Å². The van der Waals surface area contributed by atoms with E-state index in [1.54, 1.807) is 11.3 Å². The Balaban J connectivity index is 1.02. The predicted molar refractivity (Wildman–Crippen MR) is 229 cm³/mol. The maximum absolute atomic E-state index is 5.17. The van der Waals surface area contributed by atoms with Gasteiger partial charge in [-0.25, -0.2) is 4.98 Å². The standard InChI is InChI=1S/C49H30N2S2/c1-4-10-31(11-5-1)35-19-25-43-40(28-35)41-29-36(32-12-6-2-7-13-32)20-26-44(41)51(43)38-21-16-34(17-22-38)49-50-42-24-27-45-47(48(42)53-49)39-23-18-37(30-46(39)52-45)33-14-8-3-9-15-33/h1-30H. The van der Waals surface area contributed by atoms with Crippen molar-refractivity contribution in [3.63, 3.8) is 0 Å². The summed E-state index contributed by atoms with van der Waals surface area (Å²) in [6, 6.07) is 66.0. The second kappa shape index (κ2) is 12.1. The van der Waals surface area contributed by atoms with Gasteiger partial charge in [0.25, 0.3) is 0 Å². The maximum atomic E-state index is 5.17. The Morgan fingerprint density at radius 2 is 0.906 bits per heavy atom. The zero-order valence-electron chi connectivity index (χ0n) is 28.5. The van der Waals surface area contributed by atoms with Gasteiger partial charge in [0.05, 0.1) is 21.3 Å². The highest BCUT2D eigenvalue weighted by molar-refractivity contribution is 7.28. The molecule has 0 aliphatic rings. The fraction of sp³-hybridized carbons (Fsp3) is 0. The number of nitrogens with zero attached hydrogens (tertiary/aromatic N) is 2. The summed E-state index contributed by atoms with van der Waals surface area (Å²) in [4.78, 5) is 5.17. The molecule has 53 heavy (non-hydrogen) atoms. The van der Waals surface area contributed by atoms with Crippen molar-refractivity contribution in [2.45, 2.75) is 0 Å². The molecule has 0 spiro atoms. The van der Waals surface area contributed by atoms with Crippen LogP contribution in [0.15, 0.2) is 182 Å². The van der Waals surface area contributed by atoms with E-state index in [9.17, 15) is 0 Å². The lowest BCUT2D eigenvalue weighted by Gasteiger charge is -2.09. The summed E-state index contributed by atoms with van der Waals surface area (Å²) in [5.74, 6) is 0. The first-order valence-electron chi connectivity index (χ1n) is 17.9. The number of aromatic nitrogens is 2. The molecule has 0 aliphatic heterocycles. The van der Waals surface area contributed by atoms with Crippen molar-refractivity contribution in [2.75, 3.05) is 0 Å². The number of fused-ring (bicyclic) bond motifs is 8.